The first-order valence-corrected chi connectivity index (χ1v) is 7.58. The predicted octanol–water partition coefficient (Wildman–Crippen LogP) is 1.87. The van der Waals surface area contributed by atoms with Gasteiger partial charge in [-0.15, -0.1) is 0 Å². The lowest BCUT2D eigenvalue weighted by Gasteiger charge is -2.37. The first-order valence-electron chi connectivity index (χ1n) is 7.58. The number of aryl methyl sites for hydroxylation is 1. The van der Waals surface area contributed by atoms with Gasteiger partial charge in [0.2, 0.25) is 0 Å². The monoisotopic (exact) mass is 259 g/mol. The van der Waals surface area contributed by atoms with Crippen LogP contribution in [0, 0.1) is 6.92 Å². The van der Waals surface area contributed by atoms with Gasteiger partial charge in [0, 0.05) is 44.5 Å². The minimum absolute atomic E-state index is 0.741. The molecule has 2 fully saturated rings. The Morgan fingerprint density at radius 2 is 2.05 bits per heavy atom. The Labute approximate surface area is 116 Å². The van der Waals surface area contributed by atoms with Gasteiger partial charge in [-0.3, -0.25) is 4.90 Å². The molecule has 0 aromatic heterocycles. The summed E-state index contributed by atoms with van der Waals surface area (Å²) in [5, 5.41) is 3.60. The van der Waals surface area contributed by atoms with E-state index in [4.69, 9.17) is 0 Å². The summed E-state index contributed by atoms with van der Waals surface area (Å²) in [6.07, 6.45) is 2.71. The Hall–Kier alpha value is -1.06. The van der Waals surface area contributed by atoms with Gasteiger partial charge in [0.25, 0.3) is 0 Å². The SMILES string of the molecule is Cc1cccc(N2CCN(C[C@H]3CCCN3)CC2)c1. The molecule has 1 aromatic carbocycles. The minimum Gasteiger partial charge on any atom is -0.369 e. The molecule has 1 atom stereocenters. The Balaban J connectivity index is 1.51. The first kappa shape index (κ1) is 12.9. The summed E-state index contributed by atoms with van der Waals surface area (Å²) in [6, 6.07) is 9.62. The fourth-order valence-corrected chi connectivity index (χ4v) is 3.24. The Kier molecular flexibility index (Phi) is 4.04. The van der Waals surface area contributed by atoms with E-state index in [2.05, 4.69) is 46.3 Å². The van der Waals surface area contributed by atoms with Crippen LogP contribution >= 0.6 is 0 Å². The fourth-order valence-electron chi connectivity index (χ4n) is 3.24. The maximum Gasteiger partial charge on any atom is 0.0369 e. The highest BCUT2D eigenvalue weighted by Crippen LogP contribution is 2.18. The van der Waals surface area contributed by atoms with E-state index in [9.17, 15) is 0 Å². The topological polar surface area (TPSA) is 18.5 Å². The van der Waals surface area contributed by atoms with Gasteiger partial charge in [-0.05, 0) is 44.0 Å². The molecule has 3 heteroatoms. The molecule has 0 unspecified atom stereocenters. The van der Waals surface area contributed by atoms with E-state index in [0.717, 1.165) is 19.1 Å². The minimum atomic E-state index is 0.741. The second-order valence-corrected chi connectivity index (χ2v) is 5.92. The highest BCUT2D eigenvalue weighted by Gasteiger charge is 2.21. The highest BCUT2D eigenvalue weighted by atomic mass is 15.3. The quantitative estimate of drug-likeness (QED) is 0.894. The van der Waals surface area contributed by atoms with Crippen LogP contribution in [0.5, 0.6) is 0 Å². The van der Waals surface area contributed by atoms with Crippen LogP contribution in [0.4, 0.5) is 5.69 Å². The third kappa shape index (κ3) is 3.28. The number of piperazine rings is 1. The third-order valence-corrected chi connectivity index (χ3v) is 4.38. The summed E-state index contributed by atoms with van der Waals surface area (Å²) in [6.45, 7) is 9.35. The van der Waals surface area contributed by atoms with Crippen molar-refractivity contribution in [1.82, 2.24) is 10.2 Å². The molecule has 1 aromatic rings. The van der Waals surface area contributed by atoms with Gasteiger partial charge in [-0.25, -0.2) is 0 Å². The molecular formula is C16H25N3. The van der Waals surface area contributed by atoms with Crippen molar-refractivity contribution in [2.75, 3.05) is 44.2 Å². The number of hydrogen-bond donors (Lipinski definition) is 1. The number of benzene rings is 1. The molecule has 104 valence electrons. The van der Waals surface area contributed by atoms with E-state index in [1.54, 1.807) is 0 Å². The van der Waals surface area contributed by atoms with Crippen LogP contribution in [0.3, 0.4) is 0 Å². The number of nitrogens with zero attached hydrogens (tertiary/aromatic N) is 2. The molecule has 0 bridgehead atoms. The molecule has 0 amide bonds. The lowest BCUT2D eigenvalue weighted by atomic mass is 10.1. The molecular weight excluding hydrogens is 234 g/mol. The van der Waals surface area contributed by atoms with Gasteiger partial charge in [0.1, 0.15) is 0 Å². The van der Waals surface area contributed by atoms with Crippen molar-refractivity contribution >= 4 is 5.69 Å². The van der Waals surface area contributed by atoms with Crippen LogP contribution in [-0.2, 0) is 0 Å². The standard InChI is InChI=1S/C16H25N3/c1-14-4-2-6-16(12-14)19-10-8-18(9-11-19)13-15-5-3-7-17-15/h2,4,6,12,15,17H,3,5,7-11,13H2,1H3/t15-/m1/s1. The summed E-state index contributed by atoms with van der Waals surface area (Å²) in [7, 11) is 0. The molecule has 1 N–H and O–H groups in total. The molecule has 2 heterocycles. The molecule has 0 saturated carbocycles. The van der Waals surface area contributed by atoms with Crippen LogP contribution < -0.4 is 10.2 Å². The van der Waals surface area contributed by atoms with Gasteiger partial charge in [0.15, 0.2) is 0 Å². The fraction of sp³-hybridized carbons (Fsp3) is 0.625. The lowest BCUT2D eigenvalue weighted by Crippen LogP contribution is -2.49. The number of hydrogen-bond acceptors (Lipinski definition) is 3. The number of nitrogens with one attached hydrogen (secondary N) is 1. The van der Waals surface area contributed by atoms with E-state index in [1.807, 2.05) is 0 Å². The zero-order valence-electron chi connectivity index (χ0n) is 11.9. The smallest absolute Gasteiger partial charge is 0.0369 e. The Bertz CT molecular complexity index is 404. The summed E-state index contributed by atoms with van der Waals surface area (Å²) in [4.78, 5) is 5.14. The summed E-state index contributed by atoms with van der Waals surface area (Å²) in [5.74, 6) is 0. The van der Waals surface area contributed by atoms with Crippen LogP contribution in [0.15, 0.2) is 24.3 Å². The van der Waals surface area contributed by atoms with Gasteiger partial charge in [-0.2, -0.15) is 0 Å². The summed E-state index contributed by atoms with van der Waals surface area (Å²) >= 11 is 0. The molecule has 0 aliphatic carbocycles. The largest absolute Gasteiger partial charge is 0.369 e. The van der Waals surface area contributed by atoms with E-state index in [-0.39, 0.29) is 0 Å². The zero-order chi connectivity index (χ0) is 13.1. The van der Waals surface area contributed by atoms with Gasteiger partial charge < -0.3 is 10.2 Å². The van der Waals surface area contributed by atoms with Gasteiger partial charge in [0.05, 0.1) is 0 Å². The van der Waals surface area contributed by atoms with Crippen molar-refractivity contribution in [3.8, 4) is 0 Å². The number of rotatable bonds is 3. The number of anilines is 1. The summed E-state index contributed by atoms with van der Waals surface area (Å²) < 4.78 is 0. The molecule has 3 rings (SSSR count). The Morgan fingerprint density at radius 3 is 2.74 bits per heavy atom. The summed E-state index contributed by atoms with van der Waals surface area (Å²) in [5.41, 5.74) is 2.74. The van der Waals surface area contributed by atoms with Crippen LogP contribution in [0.1, 0.15) is 18.4 Å². The molecule has 0 radical (unpaired) electrons. The lowest BCUT2D eigenvalue weighted by molar-refractivity contribution is 0.236. The zero-order valence-corrected chi connectivity index (χ0v) is 11.9. The van der Waals surface area contributed by atoms with E-state index in [1.165, 1.54) is 50.3 Å². The molecule has 3 nitrogen and oxygen atoms in total. The maximum absolute atomic E-state index is 3.60. The first-order chi connectivity index (χ1) is 9.31. The van der Waals surface area contributed by atoms with Crippen molar-refractivity contribution in [1.29, 1.82) is 0 Å². The molecule has 2 aliphatic heterocycles. The Morgan fingerprint density at radius 1 is 1.21 bits per heavy atom. The average molecular weight is 259 g/mol. The predicted molar refractivity (Wildman–Crippen MR) is 80.9 cm³/mol. The van der Waals surface area contributed by atoms with E-state index in [0.29, 0.717) is 0 Å². The van der Waals surface area contributed by atoms with Crippen LogP contribution in [-0.4, -0.2) is 50.2 Å². The van der Waals surface area contributed by atoms with Crippen molar-refractivity contribution in [2.45, 2.75) is 25.8 Å². The van der Waals surface area contributed by atoms with Crippen molar-refractivity contribution in [2.24, 2.45) is 0 Å². The second kappa shape index (κ2) is 5.93. The van der Waals surface area contributed by atoms with E-state index < -0.39 is 0 Å². The normalized spacial score (nSPS) is 24.9. The second-order valence-electron chi connectivity index (χ2n) is 5.92. The molecule has 19 heavy (non-hydrogen) atoms. The molecule has 0 spiro atoms. The van der Waals surface area contributed by atoms with Crippen molar-refractivity contribution in [3.63, 3.8) is 0 Å². The van der Waals surface area contributed by atoms with Crippen LogP contribution in [0.25, 0.3) is 0 Å². The molecule has 2 saturated heterocycles. The van der Waals surface area contributed by atoms with Gasteiger partial charge >= 0.3 is 0 Å². The van der Waals surface area contributed by atoms with Crippen molar-refractivity contribution in [3.05, 3.63) is 29.8 Å². The van der Waals surface area contributed by atoms with E-state index >= 15 is 0 Å². The third-order valence-electron chi connectivity index (χ3n) is 4.38. The van der Waals surface area contributed by atoms with Crippen LogP contribution in [0.2, 0.25) is 0 Å². The highest BCUT2D eigenvalue weighted by molar-refractivity contribution is 5.48. The van der Waals surface area contributed by atoms with Gasteiger partial charge in [-0.1, -0.05) is 12.1 Å². The van der Waals surface area contributed by atoms with Crippen molar-refractivity contribution < 1.29 is 0 Å². The average Bonchev–Trinajstić information content (AvgIpc) is 2.92. The molecule has 2 aliphatic rings. The maximum atomic E-state index is 3.60.